The van der Waals surface area contributed by atoms with Crippen LogP contribution in [0.25, 0.3) is 0 Å². The number of carbonyl (C=O) groups excluding carboxylic acids is 2. The maximum Gasteiger partial charge on any atom is 0.335 e. The summed E-state index contributed by atoms with van der Waals surface area (Å²) in [5.41, 5.74) is 0.911. The zero-order chi connectivity index (χ0) is 22.4. The van der Waals surface area contributed by atoms with Gasteiger partial charge in [0.2, 0.25) is 11.8 Å². The van der Waals surface area contributed by atoms with Gasteiger partial charge in [0, 0.05) is 12.7 Å². The summed E-state index contributed by atoms with van der Waals surface area (Å²) in [6, 6.07) is 13.1. The normalized spacial score (nSPS) is 10.5. The first-order valence-corrected chi connectivity index (χ1v) is 10.4. The molecule has 0 atom stereocenters. The lowest BCUT2D eigenvalue weighted by atomic mass is 10.2. The van der Waals surface area contributed by atoms with E-state index in [0.29, 0.717) is 16.7 Å². The van der Waals surface area contributed by atoms with E-state index in [1.54, 1.807) is 23.7 Å². The Balaban J connectivity index is 1.56. The van der Waals surface area contributed by atoms with E-state index < -0.39 is 5.97 Å². The van der Waals surface area contributed by atoms with E-state index >= 15 is 0 Å². The molecular formula is C20H18ClN5O4S. The van der Waals surface area contributed by atoms with Crippen LogP contribution in [-0.2, 0) is 23.1 Å². The van der Waals surface area contributed by atoms with Crippen molar-refractivity contribution in [2.45, 2.75) is 11.6 Å². The van der Waals surface area contributed by atoms with Crippen LogP contribution in [0.15, 0.2) is 53.7 Å². The number of anilines is 2. The molecule has 1 aromatic heterocycles. The number of rotatable bonds is 8. The molecule has 1 heterocycles. The number of aromatic carboxylic acids is 1. The van der Waals surface area contributed by atoms with Crippen LogP contribution in [0.1, 0.15) is 16.2 Å². The van der Waals surface area contributed by atoms with E-state index in [2.05, 4.69) is 20.8 Å². The number of nitrogens with zero attached hydrogens (tertiary/aromatic N) is 3. The van der Waals surface area contributed by atoms with E-state index in [1.165, 1.54) is 18.2 Å². The molecule has 3 N–H and O–H groups in total. The Labute approximate surface area is 186 Å². The van der Waals surface area contributed by atoms with Crippen LogP contribution in [-0.4, -0.2) is 43.4 Å². The van der Waals surface area contributed by atoms with Crippen molar-refractivity contribution >= 4 is 52.5 Å². The molecule has 2 aromatic carbocycles. The van der Waals surface area contributed by atoms with Crippen LogP contribution < -0.4 is 10.6 Å². The first kappa shape index (κ1) is 22.3. The third-order valence-corrected chi connectivity index (χ3v) is 5.47. The zero-order valence-corrected chi connectivity index (χ0v) is 17.9. The molecule has 0 aliphatic heterocycles. The largest absolute Gasteiger partial charge is 0.478 e. The van der Waals surface area contributed by atoms with Gasteiger partial charge in [-0.25, -0.2) is 4.79 Å². The summed E-state index contributed by atoms with van der Waals surface area (Å²) in [5.74, 6) is -1.29. The quantitative estimate of drug-likeness (QED) is 0.442. The summed E-state index contributed by atoms with van der Waals surface area (Å²) >= 11 is 7.15. The Hall–Kier alpha value is -3.37. The molecule has 11 heteroatoms. The molecule has 0 saturated heterocycles. The second-order valence-electron chi connectivity index (χ2n) is 6.39. The fourth-order valence-electron chi connectivity index (χ4n) is 2.57. The van der Waals surface area contributed by atoms with Crippen LogP contribution in [0.2, 0.25) is 5.02 Å². The van der Waals surface area contributed by atoms with Crippen molar-refractivity contribution in [3.8, 4) is 0 Å². The summed E-state index contributed by atoms with van der Waals surface area (Å²) < 4.78 is 1.64. The van der Waals surface area contributed by atoms with E-state index in [1.807, 2.05) is 18.2 Å². The number of carboxylic acids is 1. The smallest absolute Gasteiger partial charge is 0.335 e. The number of para-hydroxylation sites is 1. The van der Waals surface area contributed by atoms with E-state index in [0.717, 1.165) is 11.8 Å². The number of benzene rings is 2. The maximum absolute atomic E-state index is 12.3. The number of nitrogens with one attached hydrogen (secondary N) is 2. The Kier molecular flexibility index (Phi) is 7.27. The van der Waals surface area contributed by atoms with Gasteiger partial charge in [0.15, 0.2) is 5.16 Å². The second-order valence-corrected chi connectivity index (χ2v) is 7.74. The van der Waals surface area contributed by atoms with Crippen LogP contribution in [0.4, 0.5) is 11.4 Å². The van der Waals surface area contributed by atoms with Gasteiger partial charge in [-0.1, -0.05) is 41.6 Å². The first-order chi connectivity index (χ1) is 14.8. The molecule has 0 bridgehead atoms. The average Bonchev–Trinajstić information content (AvgIpc) is 3.08. The number of aromatic nitrogens is 3. The number of amides is 2. The molecule has 0 fully saturated rings. The molecule has 160 valence electrons. The van der Waals surface area contributed by atoms with Crippen LogP contribution in [0, 0.1) is 0 Å². The van der Waals surface area contributed by atoms with Gasteiger partial charge in [0.1, 0.15) is 5.82 Å². The van der Waals surface area contributed by atoms with Gasteiger partial charge in [-0.05, 0) is 30.3 Å². The first-order valence-electron chi connectivity index (χ1n) is 9.02. The van der Waals surface area contributed by atoms with E-state index in [9.17, 15) is 14.4 Å². The Bertz CT molecular complexity index is 1120. The highest BCUT2D eigenvalue weighted by Gasteiger charge is 2.15. The van der Waals surface area contributed by atoms with Gasteiger partial charge >= 0.3 is 5.97 Å². The average molecular weight is 460 g/mol. The number of halogens is 1. The topological polar surface area (TPSA) is 126 Å². The van der Waals surface area contributed by atoms with E-state index in [4.69, 9.17) is 16.7 Å². The zero-order valence-electron chi connectivity index (χ0n) is 16.3. The highest BCUT2D eigenvalue weighted by Crippen LogP contribution is 2.24. The summed E-state index contributed by atoms with van der Waals surface area (Å²) in [5, 5.41) is 23.2. The van der Waals surface area contributed by atoms with Gasteiger partial charge in [-0.15, -0.1) is 10.2 Å². The van der Waals surface area contributed by atoms with Crippen molar-refractivity contribution in [3.05, 3.63) is 64.9 Å². The highest BCUT2D eigenvalue weighted by molar-refractivity contribution is 7.99. The van der Waals surface area contributed by atoms with Crippen LogP contribution in [0.3, 0.4) is 0 Å². The minimum atomic E-state index is -1.12. The van der Waals surface area contributed by atoms with Gasteiger partial charge < -0.3 is 20.3 Å². The molecule has 0 saturated carbocycles. The maximum atomic E-state index is 12.3. The van der Waals surface area contributed by atoms with Gasteiger partial charge in [0.05, 0.1) is 28.4 Å². The monoisotopic (exact) mass is 459 g/mol. The summed E-state index contributed by atoms with van der Waals surface area (Å²) in [6.07, 6.45) is 0.0305. The van der Waals surface area contributed by atoms with Gasteiger partial charge in [-0.2, -0.15) is 0 Å². The van der Waals surface area contributed by atoms with Crippen LogP contribution >= 0.6 is 23.4 Å². The minimum Gasteiger partial charge on any atom is -0.478 e. The predicted molar refractivity (Wildman–Crippen MR) is 118 cm³/mol. The van der Waals surface area contributed by atoms with Crippen molar-refractivity contribution in [2.75, 3.05) is 16.4 Å². The lowest BCUT2D eigenvalue weighted by Gasteiger charge is -2.08. The van der Waals surface area contributed by atoms with Crippen molar-refractivity contribution in [2.24, 2.45) is 7.05 Å². The van der Waals surface area contributed by atoms with Crippen molar-refractivity contribution < 1.29 is 19.5 Å². The number of hydrogen-bond acceptors (Lipinski definition) is 6. The SMILES string of the molecule is Cn1c(CC(=O)Nc2ccccc2)nnc1SCC(=O)Nc1cc(C(=O)O)ccc1Cl. The summed E-state index contributed by atoms with van der Waals surface area (Å²) in [7, 11) is 1.71. The fraction of sp³-hybridized carbons (Fsp3) is 0.150. The predicted octanol–water partition coefficient (Wildman–Crippen LogP) is 3.08. The standard InChI is InChI=1S/C20H18ClN5O4S/c1-26-16(10-17(27)22-13-5-3-2-4-6-13)24-25-20(26)31-11-18(28)23-15-9-12(19(29)30)7-8-14(15)21/h2-9H,10-11H2,1H3,(H,22,27)(H,23,28)(H,29,30). The number of carboxylic acid groups (broad SMARTS) is 1. The number of carbonyl (C=O) groups is 3. The highest BCUT2D eigenvalue weighted by atomic mass is 35.5. The number of hydrogen-bond donors (Lipinski definition) is 3. The molecule has 0 unspecified atom stereocenters. The van der Waals surface area contributed by atoms with Gasteiger partial charge in [-0.3, -0.25) is 9.59 Å². The van der Waals surface area contributed by atoms with Crippen molar-refractivity contribution in [3.63, 3.8) is 0 Å². The Morgan fingerprint density at radius 2 is 1.81 bits per heavy atom. The van der Waals surface area contributed by atoms with Crippen molar-refractivity contribution in [1.29, 1.82) is 0 Å². The third kappa shape index (κ3) is 6.06. The second kappa shape index (κ2) is 10.1. The molecule has 0 radical (unpaired) electrons. The number of thioether (sulfide) groups is 1. The van der Waals surface area contributed by atoms with Gasteiger partial charge in [0.25, 0.3) is 0 Å². The molecule has 3 aromatic rings. The molecule has 3 rings (SSSR count). The Morgan fingerprint density at radius 1 is 1.06 bits per heavy atom. The fourth-order valence-corrected chi connectivity index (χ4v) is 3.46. The van der Waals surface area contributed by atoms with Crippen molar-refractivity contribution in [1.82, 2.24) is 14.8 Å². The lowest BCUT2D eigenvalue weighted by molar-refractivity contribution is -0.116. The molecule has 0 aliphatic carbocycles. The summed E-state index contributed by atoms with van der Waals surface area (Å²) in [4.78, 5) is 35.5. The molecule has 31 heavy (non-hydrogen) atoms. The molecule has 9 nitrogen and oxygen atoms in total. The van der Waals surface area contributed by atoms with Crippen LogP contribution in [0.5, 0.6) is 0 Å². The minimum absolute atomic E-state index is 0.00415. The third-order valence-electron chi connectivity index (χ3n) is 4.12. The molecular weight excluding hydrogens is 442 g/mol. The Morgan fingerprint density at radius 3 is 2.52 bits per heavy atom. The summed E-state index contributed by atoms with van der Waals surface area (Å²) in [6.45, 7) is 0. The molecule has 2 amide bonds. The van der Waals surface area contributed by atoms with E-state index in [-0.39, 0.29) is 40.3 Å². The molecule has 0 spiro atoms. The lowest BCUT2D eigenvalue weighted by Crippen LogP contribution is -2.17. The molecule has 0 aliphatic rings.